The average Bonchev–Trinajstić information content (AvgIpc) is 2.77. The molecule has 2 amide bonds. The van der Waals surface area contributed by atoms with Gasteiger partial charge in [0.15, 0.2) is 0 Å². The van der Waals surface area contributed by atoms with Gasteiger partial charge in [-0.2, -0.15) is 0 Å². The van der Waals surface area contributed by atoms with Crippen molar-refractivity contribution in [1.82, 2.24) is 10.6 Å². The number of nitrogens with two attached hydrogens (primary N) is 1. The lowest BCUT2D eigenvalue weighted by Crippen LogP contribution is -2.31. The Morgan fingerprint density at radius 2 is 1.35 bits per heavy atom. The number of rotatable bonds is 22. The Morgan fingerprint density at radius 1 is 0.774 bits per heavy atom. The lowest BCUT2D eigenvalue weighted by Gasteiger charge is -2.12. The molecule has 10 nitrogen and oxygen atoms in total. The van der Waals surface area contributed by atoms with Crippen molar-refractivity contribution in [3.8, 4) is 0 Å². The second kappa shape index (κ2) is 21.6. The standard InChI is InChI=1S/C21H41N3O7/c1-3-18(19(25)15-22)7-5-6-8-23-20(26)16-31-14-12-29-10-9-24-21(27)17-30-13-11-28-4-2/h18H,3-17,22H2,1-2H3,(H,23,26)(H,24,27)/t18-/m0/s1. The maximum absolute atomic E-state index is 11.7. The van der Waals surface area contributed by atoms with Gasteiger partial charge in [0.25, 0.3) is 0 Å². The van der Waals surface area contributed by atoms with E-state index in [9.17, 15) is 14.4 Å². The first-order valence-corrected chi connectivity index (χ1v) is 11.1. The molecule has 0 rings (SSSR count). The predicted molar refractivity (Wildman–Crippen MR) is 117 cm³/mol. The van der Waals surface area contributed by atoms with E-state index in [4.69, 9.17) is 24.7 Å². The van der Waals surface area contributed by atoms with Crippen molar-refractivity contribution < 1.29 is 33.3 Å². The number of ketones is 1. The summed E-state index contributed by atoms with van der Waals surface area (Å²) in [6.07, 6.45) is 3.29. The topological polar surface area (TPSA) is 138 Å². The summed E-state index contributed by atoms with van der Waals surface area (Å²) >= 11 is 0. The molecular formula is C21H41N3O7. The summed E-state index contributed by atoms with van der Waals surface area (Å²) in [6.45, 7) is 7.35. The number of unbranched alkanes of at least 4 members (excludes halogenated alkanes) is 1. The maximum Gasteiger partial charge on any atom is 0.246 e. The number of Topliss-reactive ketones (excluding diaryl/α,β-unsaturated/α-hetero) is 1. The molecule has 0 spiro atoms. The van der Waals surface area contributed by atoms with Gasteiger partial charge in [-0.25, -0.2) is 0 Å². The lowest BCUT2D eigenvalue weighted by molar-refractivity contribution is -0.127. The fourth-order valence-corrected chi connectivity index (χ4v) is 2.68. The zero-order valence-electron chi connectivity index (χ0n) is 19.1. The van der Waals surface area contributed by atoms with Crippen LogP contribution in [-0.4, -0.2) is 90.1 Å². The van der Waals surface area contributed by atoms with Gasteiger partial charge >= 0.3 is 0 Å². The van der Waals surface area contributed by atoms with Crippen LogP contribution in [0.4, 0.5) is 0 Å². The quantitative estimate of drug-likeness (QED) is 0.198. The van der Waals surface area contributed by atoms with E-state index in [1.807, 2.05) is 13.8 Å². The monoisotopic (exact) mass is 447 g/mol. The molecule has 0 unspecified atom stereocenters. The molecule has 0 aromatic heterocycles. The van der Waals surface area contributed by atoms with Crippen molar-refractivity contribution >= 4 is 17.6 Å². The van der Waals surface area contributed by atoms with Crippen molar-refractivity contribution in [1.29, 1.82) is 0 Å². The highest BCUT2D eigenvalue weighted by Gasteiger charge is 2.13. The van der Waals surface area contributed by atoms with Crippen molar-refractivity contribution in [3.63, 3.8) is 0 Å². The van der Waals surface area contributed by atoms with Crippen LogP contribution in [0.3, 0.4) is 0 Å². The van der Waals surface area contributed by atoms with E-state index in [1.165, 1.54) is 0 Å². The molecule has 0 saturated heterocycles. The Bertz CT molecular complexity index is 478. The van der Waals surface area contributed by atoms with Crippen LogP contribution in [0.2, 0.25) is 0 Å². The van der Waals surface area contributed by atoms with Crippen molar-refractivity contribution in [2.24, 2.45) is 11.7 Å². The minimum atomic E-state index is -0.204. The van der Waals surface area contributed by atoms with Crippen molar-refractivity contribution in [2.75, 3.05) is 72.5 Å². The molecule has 0 aliphatic heterocycles. The summed E-state index contributed by atoms with van der Waals surface area (Å²) in [5.74, 6) is -0.255. The maximum atomic E-state index is 11.7. The van der Waals surface area contributed by atoms with Crippen molar-refractivity contribution in [2.45, 2.75) is 39.5 Å². The molecule has 31 heavy (non-hydrogen) atoms. The van der Waals surface area contributed by atoms with Crippen LogP contribution in [0.1, 0.15) is 39.5 Å². The van der Waals surface area contributed by atoms with Gasteiger partial charge in [-0.05, 0) is 26.2 Å². The summed E-state index contributed by atoms with van der Waals surface area (Å²) in [5, 5.41) is 5.46. The third kappa shape index (κ3) is 18.9. The number of amides is 2. The van der Waals surface area contributed by atoms with Crippen LogP contribution in [-0.2, 0) is 33.3 Å². The minimum Gasteiger partial charge on any atom is -0.379 e. The van der Waals surface area contributed by atoms with Crippen LogP contribution in [0.15, 0.2) is 0 Å². The lowest BCUT2D eigenvalue weighted by atomic mass is 9.95. The first kappa shape index (κ1) is 29.4. The van der Waals surface area contributed by atoms with E-state index in [2.05, 4.69) is 10.6 Å². The Kier molecular flexibility index (Phi) is 20.5. The number of carbonyl (C=O) groups is 3. The number of nitrogens with one attached hydrogen (secondary N) is 2. The van der Waals surface area contributed by atoms with E-state index in [0.29, 0.717) is 52.7 Å². The molecule has 1 atom stereocenters. The molecule has 0 aromatic carbocycles. The summed E-state index contributed by atoms with van der Waals surface area (Å²) in [4.78, 5) is 34.8. The van der Waals surface area contributed by atoms with Crippen LogP contribution in [0, 0.1) is 5.92 Å². The highest BCUT2D eigenvalue weighted by molar-refractivity contribution is 5.82. The second-order valence-corrected chi connectivity index (χ2v) is 6.89. The predicted octanol–water partition coefficient (Wildman–Crippen LogP) is 0.0294. The Hall–Kier alpha value is -1.59. The first-order valence-electron chi connectivity index (χ1n) is 11.1. The molecule has 0 aromatic rings. The molecular weight excluding hydrogens is 406 g/mol. The number of hydrogen-bond donors (Lipinski definition) is 3. The van der Waals surface area contributed by atoms with Gasteiger partial charge in [0.2, 0.25) is 11.8 Å². The van der Waals surface area contributed by atoms with Gasteiger partial charge in [-0.1, -0.05) is 13.3 Å². The van der Waals surface area contributed by atoms with Crippen molar-refractivity contribution in [3.05, 3.63) is 0 Å². The largest absolute Gasteiger partial charge is 0.379 e. The zero-order chi connectivity index (χ0) is 23.2. The third-order valence-corrected chi connectivity index (χ3v) is 4.43. The minimum absolute atomic E-state index is 0.00366. The van der Waals surface area contributed by atoms with Gasteiger partial charge in [0.1, 0.15) is 19.0 Å². The number of carbonyl (C=O) groups excluding carboxylic acids is 3. The van der Waals surface area contributed by atoms with Gasteiger partial charge < -0.3 is 35.3 Å². The smallest absolute Gasteiger partial charge is 0.246 e. The fourth-order valence-electron chi connectivity index (χ4n) is 2.68. The Balaban J connectivity index is 3.43. The van der Waals surface area contributed by atoms with Crippen LogP contribution in [0.25, 0.3) is 0 Å². The summed E-state index contributed by atoms with van der Waals surface area (Å²) in [5.41, 5.74) is 5.40. The Labute approximate surface area is 185 Å². The van der Waals surface area contributed by atoms with Gasteiger partial charge in [-0.3, -0.25) is 14.4 Å². The van der Waals surface area contributed by atoms with Gasteiger partial charge in [0.05, 0.1) is 39.6 Å². The van der Waals surface area contributed by atoms with E-state index in [1.54, 1.807) is 0 Å². The van der Waals surface area contributed by atoms with Gasteiger partial charge in [-0.15, -0.1) is 0 Å². The summed E-state index contributed by atoms with van der Waals surface area (Å²) < 4.78 is 20.8. The Morgan fingerprint density at radius 3 is 1.94 bits per heavy atom. The van der Waals surface area contributed by atoms with E-state index in [0.717, 1.165) is 25.7 Å². The van der Waals surface area contributed by atoms with Crippen LogP contribution >= 0.6 is 0 Å². The van der Waals surface area contributed by atoms with E-state index >= 15 is 0 Å². The van der Waals surface area contributed by atoms with Gasteiger partial charge in [0, 0.05) is 25.6 Å². The molecule has 0 radical (unpaired) electrons. The van der Waals surface area contributed by atoms with Crippen LogP contribution < -0.4 is 16.4 Å². The van der Waals surface area contributed by atoms with E-state index < -0.39 is 0 Å². The molecule has 0 aliphatic rings. The second-order valence-electron chi connectivity index (χ2n) is 6.89. The summed E-state index contributed by atoms with van der Waals surface area (Å²) in [7, 11) is 0. The molecule has 0 saturated carbocycles. The molecule has 0 heterocycles. The zero-order valence-corrected chi connectivity index (χ0v) is 19.1. The normalized spacial score (nSPS) is 11.8. The molecule has 0 aliphatic carbocycles. The SMILES string of the molecule is CCOCCOCC(=O)NCCOCCOCC(=O)NCCCC[C@H](CC)C(=O)CN. The summed E-state index contributed by atoms with van der Waals surface area (Å²) in [6, 6.07) is 0. The number of ether oxygens (including phenoxy) is 4. The highest BCUT2D eigenvalue weighted by Crippen LogP contribution is 2.12. The number of hydrogen-bond acceptors (Lipinski definition) is 8. The average molecular weight is 448 g/mol. The molecule has 4 N–H and O–H groups in total. The third-order valence-electron chi connectivity index (χ3n) is 4.43. The van der Waals surface area contributed by atoms with Crippen LogP contribution in [0.5, 0.6) is 0 Å². The molecule has 182 valence electrons. The fraction of sp³-hybridized carbons (Fsp3) is 0.857. The van der Waals surface area contributed by atoms with E-state index in [-0.39, 0.29) is 43.3 Å². The molecule has 0 fully saturated rings. The first-order chi connectivity index (χ1) is 15.0. The molecule has 0 bridgehead atoms. The molecule has 10 heteroatoms. The highest BCUT2D eigenvalue weighted by atomic mass is 16.5.